The van der Waals surface area contributed by atoms with Crippen molar-refractivity contribution in [3.8, 4) is 5.75 Å². The van der Waals surface area contributed by atoms with Crippen LogP contribution in [-0.4, -0.2) is 21.7 Å². The summed E-state index contributed by atoms with van der Waals surface area (Å²) in [4.78, 5) is 31.8. The Hall–Kier alpha value is -3.54. The fraction of sp³-hybridized carbons (Fsp3) is 0.182. The molecular formula is C22H19N3O3. The topological polar surface area (TPSA) is 95.2 Å². The molecule has 6 heteroatoms. The summed E-state index contributed by atoms with van der Waals surface area (Å²) in [6.07, 6.45) is 8.14. The van der Waals surface area contributed by atoms with Crippen LogP contribution in [0.25, 0.3) is 0 Å². The second kappa shape index (κ2) is 7.60. The standard InChI is InChI=1S/C22H19N3O3/c23-22(27)17-11-18(13-25-12-17)28-21-4-3-15-2-1-14(9-19(15)21)10-20(26)16-5-7-24-8-6-16/h1-2,5-9,11-13,21H,3-4,10H2,(H2,23,27)/t21-/m0/s1. The van der Waals surface area contributed by atoms with E-state index in [1.54, 1.807) is 36.8 Å². The number of Topliss-reactive ketones (excluding diaryl/α,β-unsaturated/α-hetero) is 1. The molecule has 1 aromatic carbocycles. The van der Waals surface area contributed by atoms with E-state index in [9.17, 15) is 9.59 Å². The van der Waals surface area contributed by atoms with Crippen LogP contribution in [0.2, 0.25) is 0 Å². The van der Waals surface area contributed by atoms with E-state index in [1.807, 2.05) is 12.1 Å². The molecule has 1 amide bonds. The Bertz CT molecular complexity index is 1030. The maximum atomic E-state index is 12.5. The second-order valence-corrected chi connectivity index (χ2v) is 6.79. The molecule has 0 unspecified atom stereocenters. The molecule has 0 radical (unpaired) electrons. The molecule has 1 aliphatic rings. The molecule has 0 spiro atoms. The molecule has 3 aromatic rings. The number of carbonyl (C=O) groups is 2. The fourth-order valence-corrected chi connectivity index (χ4v) is 3.45. The third kappa shape index (κ3) is 3.76. The molecule has 2 aromatic heterocycles. The predicted octanol–water partition coefficient (Wildman–Crippen LogP) is 3.07. The maximum Gasteiger partial charge on any atom is 0.250 e. The van der Waals surface area contributed by atoms with E-state index < -0.39 is 5.91 Å². The number of aryl methyl sites for hydroxylation is 1. The summed E-state index contributed by atoms with van der Waals surface area (Å²) in [5, 5.41) is 0. The van der Waals surface area contributed by atoms with Gasteiger partial charge in [0.1, 0.15) is 11.9 Å². The van der Waals surface area contributed by atoms with Crippen molar-refractivity contribution in [3.05, 3.63) is 89.0 Å². The van der Waals surface area contributed by atoms with Crippen molar-refractivity contribution in [3.63, 3.8) is 0 Å². The Balaban J connectivity index is 1.53. The van der Waals surface area contributed by atoms with Gasteiger partial charge in [-0.15, -0.1) is 0 Å². The second-order valence-electron chi connectivity index (χ2n) is 6.79. The number of aromatic nitrogens is 2. The van der Waals surface area contributed by atoms with E-state index in [1.165, 1.54) is 11.8 Å². The van der Waals surface area contributed by atoms with Gasteiger partial charge in [-0.05, 0) is 47.7 Å². The summed E-state index contributed by atoms with van der Waals surface area (Å²) >= 11 is 0. The van der Waals surface area contributed by atoms with Crippen LogP contribution in [0.1, 0.15) is 49.9 Å². The van der Waals surface area contributed by atoms with Gasteiger partial charge >= 0.3 is 0 Å². The molecule has 28 heavy (non-hydrogen) atoms. The highest BCUT2D eigenvalue weighted by Crippen LogP contribution is 2.35. The number of nitrogens with zero attached hydrogens (tertiary/aromatic N) is 2. The average Bonchev–Trinajstić information content (AvgIpc) is 3.11. The van der Waals surface area contributed by atoms with Crippen LogP contribution in [0.3, 0.4) is 0 Å². The summed E-state index contributed by atoms with van der Waals surface area (Å²) in [6.45, 7) is 0. The SMILES string of the molecule is NC(=O)c1cncc(O[C@H]2CCc3ccc(CC(=O)c4ccncc4)cc32)c1. The lowest BCUT2D eigenvalue weighted by atomic mass is 9.99. The van der Waals surface area contributed by atoms with E-state index in [0.717, 1.165) is 24.0 Å². The first kappa shape index (κ1) is 17.9. The van der Waals surface area contributed by atoms with E-state index in [4.69, 9.17) is 10.5 Å². The van der Waals surface area contributed by atoms with Gasteiger partial charge in [-0.25, -0.2) is 0 Å². The van der Waals surface area contributed by atoms with Crippen molar-refractivity contribution >= 4 is 11.7 Å². The number of fused-ring (bicyclic) bond motifs is 1. The number of benzene rings is 1. The van der Waals surface area contributed by atoms with Gasteiger partial charge in [0.15, 0.2) is 5.78 Å². The van der Waals surface area contributed by atoms with E-state index in [-0.39, 0.29) is 11.9 Å². The van der Waals surface area contributed by atoms with E-state index in [2.05, 4.69) is 16.0 Å². The number of nitrogens with two attached hydrogens (primary N) is 1. The number of hydrogen-bond acceptors (Lipinski definition) is 5. The van der Waals surface area contributed by atoms with Crippen LogP contribution in [0.15, 0.2) is 61.2 Å². The van der Waals surface area contributed by atoms with Crippen LogP contribution in [0.5, 0.6) is 5.75 Å². The van der Waals surface area contributed by atoms with Gasteiger partial charge in [-0.2, -0.15) is 0 Å². The Morgan fingerprint density at radius 1 is 1.04 bits per heavy atom. The van der Waals surface area contributed by atoms with Gasteiger partial charge in [0, 0.05) is 30.6 Å². The third-order valence-corrected chi connectivity index (χ3v) is 4.88. The zero-order chi connectivity index (χ0) is 19.5. The smallest absolute Gasteiger partial charge is 0.250 e. The van der Waals surface area contributed by atoms with Crippen LogP contribution in [0.4, 0.5) is 0 Å². The quantitative estimate of drug-likeness (QED) is 0.670. The molecule has 4 rings (SSSR count). The zero-order valence-corrected chi connectivity index (χ0v) is 15.2. The van der Waals surface area contributed by atoms with E-state index in [0.29, 0.717) is 23.3 Å². The summed E-state index contributed by atoms with van der Waals surface area (Å²) in [7, 11) is 0. The fourth-order valence-electron chi connectivity index (χ4n) is 3.45. The van der Waals surface area contributed by atoms with Crippen LogP contribution in [-0.2, 0) is 12.8 Å². The maximum absolute atomic E-state index is 12.5. The summed E-state index contributed by atoms with van der Waals surface area (Å²) in [6, 6.07) is 11.1. The van der Waals surface area contributed by atoms with Crippen molar-refractivity contribution in [2.24, 2.45) is 5.73 Å². The highest BCUT2D eigenvalue weighted by Gasteiger charge is 2.25. The molecule has 1 atom stereocenters. The summed E-state index contributed by atoms with van der Waals surface area (Å²) in [5.41, 5.74) is 9.50. The monoisotopic (exact) mass is 373 g/mol. The summed E-state index contributed by atoms with van der Waals surface area (Å²) in [5.74, 6) is 0.0188. The molecule has 6 nitrogen and oxygen atoms in total. The predicted molar refractivity (Wildman–Crippen MR) is 103 cm³/mol. The zero-order valence-electron chi connectivity index (χ0n) is 15.2. The van der Waals surface area contributed by atoms with Crippen LogP contribution >= 0.6 is 0 Å². The number of pyridine rings is 2. The number of amides is 1. The van der Waals surface area contributed by atoms with Gasteiger partial charge in [-0.1, -0.05) is 18.2 Å². The number of ketones is 1. The molecule has 0 aliphatic heterocycles. The molecule has 140 valence electrons. The summed E-state index contributed by atoms with van der Waals surface area (Å²) < 4.78 is 6.07. The molecule has 2 N–H and O–H groups in total. The molecule has 0 saturated heterocycles. The number of primary amides is 1. The van der Waals surface area contributed by atoms with Gasteiger partial charge < -0.3 is 10.5 Å². The van der Waals surface area contributed by atoms with Crippen LogP contribution in [0, 0.1) is 0 Å². The van der Waals surface area contributed by atoms with Crippen LogP contribution < -0.4 is 10.5 Å². The molecule has 2 heterocycles. The lowest BCUT2D eigenvalue weighted by Crippen LogP contribution is -2.12. The minimum Gasteiger partial charge on any atom is -0.484 e. The highest BCUT2D eigenvalue weighted by atomic mass is 16.5. The van der Waals surface area contributed by atoms with Crippen molar-refractivity contribution in [1.82, 2.24) is 9.97 Å². The minimum absolute atomic E-state index is 0.0520. The largest absolute Gasteiger partial charge is 0.484 e. The molecule has 0 fully saturated rings. The molecular weight excluding hydrogens is 354 g/mol. The first-order valence-electron chi connectivity index (χ1n) is 9.06. The Morgan fingerprint density at radius 2 is 1.86 bits per heavy atom. The number of ether oxygens (including phenoxy) is 1. The van der Waals surface area contributed by atoms with E-state index >= 15 is 0 Å². The first-order chi connectivity index (χ1) is 13.6. The van der Waals surface area contributed by atoms with Crippen molar-refractivity contribution in [1.29, 1.82) is 0 Å². The number of rotatable bonds is 6. The molecule has 0 bridgehead atoms. The first-order valence-corrected chi connectivity index (χ1v) is 9.06. The van der Waals surface area contributed by atoms with Crippen molar-refractivity contribution in [2.45, 2.75) is 25.4 Å². The third-order valence-electron chi connectivity index (χ3n) is 4.88. The van der Waals surface area contributed by atoms with Gasteiger partial charge in [-0.3, -0.25) is 19.6 Å². The lowest BCUT2D eigenvalue weighted by molar-refractivity contribution is 0.0987. The van der Waals surface area contributed by atoms with Crippen molar-refractivity contribution in [2.75, 3.05) is 0 Å². The number of hydrogen-bond donors (Lipinski definition) is 1. The Kier molecular flexibility index (Phi) is 4.85. The van der Waals surface area contributed by atoms with Gasteiger partial charge in [0.05, 0.1) is 11.8 Å². The average molecular weight is 373 g/mol. The van der Waals surface area contributed by atoms with Gasteiger partial charge in [0.2, 0.25) is 5.91 Å². The number of carbonyl (C=O) groups excluding carboxylic acids is 2. The minimum atomic E-state index is -0.540. The van der Waals surface area contributed by atoms with Crippen molar-refractivity contribution < 1.29 is 14.3 Å². The highest BCUT2D eigenvalue weighted by molar-refractivity contribution is 5.97. The Labute approximate surface area is 162 Å². The lowest BCUT2D eigenvalue weighted by Gasteiger charge is -2.16. The molecule has 0 saturated carbocycles. The van der Waals surface area contributed by atoms with Gasteiger partial charge in [0.25, 0.3) is 0 Å². The normalized spacial score (nSPS) is 15.1. The Morgan fingerprint density at radius 3 is 2.64 bits per heavy atom. The molecule has 1 aliphatic carbocycles.